The van der Waals surface area contributed by atoms with Crippen molar-refractivity contribution in [3.8, 4) is 0 Å². The summed E-state index contributed by atoms with van der Waals surface area (Å²) in [6, 6.07) is 13.8. The summed E-state index contributed by atoms with van der Waals surface area (Å²) in [5.41, 5.74) is 3.95. The van der Waals surface area contributed by atoms with Crippen LogP contribution in [0.4, 0.5) is 5.69 Å². The van der Waals surface area contributed by atoms with Crippen molar-refractivity contribution in [2.24, 2.45) is 7.05 Å². The number of aryl methyl sites for hydroxylation is 1. The van der Waals surface area contributed by atoms with E-state index in [-0.39, 0.29) is 11.6 Å². The molecule has 0 aliphatic rings. The van der Waals surface area contributed by atoms with E-state index < -0.39 is 0 Å². The Labute approximate surface area is 152 Å². The lowest BCUT2D eigenvalue weighted by atomic mass is 10.1. The summed E-state index contributed by atoms with van der Waals surface area (Å²) in [7, 11) is 3.76. The zero-order valence-corrected chi connectivity index (χ0v) is 15.5. The highest BCUT2D eigenvalue weighted by molar-refractivity contribution is 5.97. The van der Waals surface area contributed by atoms with Gasteiger partial charge >= 0.3 is 5.69 Å². The highest BCUT2D eigenvalue weighted by atomic mass is 16.2. The molecule has 0 saturated heterocycles. The minimum atomic E-state index is -0.191. The molecule has 3 rings (SSSR count). The van der Waals surface area contributed by atoms with Crippen LogP contribution in [0.25, 0.3) is 11.0 Å². The number of carbonyl (C=O) groups is 1. The zero-order valence-electron chi connectivity index (χ0n) is 15.5. The number of aromatic amines is 1. The minimum Gasteiger partial charge on any atom is -0.372 e. The number of H-pyrrole nitrogens is 1. The van der Waals surface area contributed by atoms with Gasteiger partial charge in [-0.15, -0.1) is 0 Å². The number of anilines is 1. The van der Waals surface area contributed by atoms with E-state index in [9.17, 15) is 9.59 Å². The van der Waals surface area contributed by atoms with Crippen LogP contribution in [0.5, 0.6) is 0 Å². The van der Waals surface area contributed by atoms with Crippen LogP contribution in [0.2, 0.25) is 0 Å². The van der Waals surface area contributed by atoms with Crippen molar-refractivity contribution < 1.29 is 4.79 Å². The standard InChI is InChI=1S/C20H24N4O2/c1-13(2)23(3)16-8-5-14(6-9-16)12-21-19(25)15-7-10-18-17(11-15)22-20(26)24(18)4/h5-11,13H,12H2,1-4H3,(H,21,25)(H,22,26). The lowest BCUT2D eigenvalue weighted by Gasteiger charge is -2.23. The van der Waals surface area contributed by atoms with Gasteiger partial charge in [0.1, 0.15) is 0 Å². The van der Waals surface area contributed by atoms with Crippen LogP contribution in [0.1, 0.15) is 29.8 Å². The third-order valence-corrected chi connectivity index (χ3v) is 4.74. The predicted molar refractivity (Wildman–Crippen MR) is 105 cm³/mol. The number of rotatable bonds is 5. The van der Waals surface area contributed by atoms with E-state index in [0.29, 0.717) is 23.7 Å². The molecule has 2 N–H and O–H groups in total. The maximum Gasteiger partial charge on any atom is 0.326 e. The molecular weight excluding hydrogens is 328 g/mol. The highest BCUT2D eigenvalue weighted by Gasteiger charge is 2.10. The number of hydrogen-bond donors (Lipinski definition) is 2. The highest BCUT2D eigenvalue weighted by Crippen LogP contribution is 2.16. The Morgan fingerprint density at radius 1 is 1.19 bits per heavy atom. The van der Waals surface area contributed by atoms with Gasteiger partial charge in [0, 0.05) is 37.9 Å². The molecule has 1 amide bonds. The first-order chi connectivity index (χ1) is 12.4. The fourth-order valence-electron chi connectivity index (χ4n) is 2.81. The van der Waals surface area contributed by atoms with Crippen molar-refractivity contribution in [1.82, 2.24) is 14.9 Å². The van der Waals surface area contributed by atoms with Crippen molar-refractivity contribution >= 4 is 22.6 Å². The van der Waals surface area contributed by atoms with Crippen LogP contribution in [0.15, 0.2) is 47.3 Å². The number of hydrogen-bond acceptors (Lipinski definition) is 3. The molecule has 0 aliphatic heterocycles. The summed E-state index contributed by atoms with van der Waals surface area (Å²) in [4.78, 5) is 29.0. The number of fused-ring (bicyclic) bond motifs is 1. The second-order valence-corrected chi connectivity index (χ2v) is 6.77. The Morgan fingerprint density at radius 2 is 1.88 bits per heavy atom. The van der Waals surface area contributed by atoms with E-state index in [0.717, 1.165) is 16.8 Å². The van der Waals surface area contributed by atoms with E-state index in [2.05, 4.69) is 48.2 Å². The van der Waals surface area contributed by atoms with Gasteiger partial charge in [-0.3, -0.25) is 9.36 Å². The molecule has 1 aromatic heterocycles. The van der Waals surface area contributed by atoms with Crippen molar-refractivity contribution in [1.29, 1.82) is 0 Å². The third-order valence-electron chi connectivity index (χ3n) is 4.74. The second kappa shape index (κ2) is 7.07. The van der Waals surface area contributed by atoms with E-state index >= 15 is 0 Å². The van der Waals surface area contributed by atoms with Crippen molar-refractivity contribution in [2.75, 3.05) is 11.9 Å². The molecule has 0 radical (unpaired) electrons. The third kappa shape index (κ3) is 3.49. The molecule has 136 valence electrons. The summed E-state index contributed by atoms with van der Waals surface area (Å²) in [5, 5.41) is 2.92. The largest absolute Gasteiger partial charge is 0.372 e. The van der Waals surface area contributed by atoms with Gasteiger partial charge < -0.3 is 15.2 Å². The summed E-state index contributed by atoms with van der Waals surface area (Å²) >= 11 is 0. The monoisotopic (exact) mass is 352 g/mol. The lowest BCUT2D eigenvalue weighted by Crippen LogP contribution is -2.25. The summed E-state index contributed by atoms with van der Waals surface area (Å²) in [6.45, 7) is 4.74. The Bertz CT molecular complexity index is 983. The molecule has 0 saturated carbocycles. The number of imidazole rings is 1. The zero-order chi connectivity index (χ0) is 18.8. The number of aromatic nitrogens is 2. The van der Waals surface area contributed by atoms with Gasteiger partial charge in [-0.25, -0.2) is 4.79 Å². The maximum atomic E-state index is 12.4. The molecular formula is C20H24N4O2. The summed E-state index contributed by atoms with van der Waals surface area (Å²) in [6.07, 6.45) is 0. The molecule has 2 aromatic carbocycles. The van der Waals surface area contributed by atoms with Crippen molar-refractivity contribution in [3.05, 3.63) is 64.1 Å². The molecule has 0 spiro atoms. The van der Waals surface area contributed by atoms with Gasteiger partial charge in [0.2, 0.25) is 0 Å². The quantitative estimate of drug-likeness (QED) is 0.742. The predicted octanol–water partition coefficient (Wildman–Crippen LogP) is 2.64. The molecule has 0 atom stereocenters. The summed E-state index contributed by atoms with van der Waals surface area (Å²) in [5.74, 6) is -0.167. The van der Waals surface area contributed by atoms with Crippen LogP contribution < -0.4 is 15.9 Å². The molecule has 1 heterocycles. The molecule has 6 nitrogen and oxygen atoms in total. The minimum absolute atomic E-state index is 0.167. The molecule has 0 aliphatic carbocycles. The van der Waals surface area contributed by atoms with Gasteiger partial charge in [-0.05, 0) is 49.7 Å². The average Bonchev–Trinajstić information content (AvgIpc) is 2.93. The Balaban J connectivity index is 1.68. The first kappa shape index (κ1) is 17.8. The number of nitrogens with one attached hydrogen (secondary N) is 2. The van der Waals surface area contributed by atoms with Crippen molar-refractivity contribution in [3.63, 3.8) is 0 Å². The molecule has 0 bridgehead atoms. The van der Waals surface area contributed by atoms with Crippen LogP contribution in [-0.4, -0.2) is 28.5 Å². The topological polar surface area (TPSA) is 70.1 Å². The molecule has 0 unspecified atom stereocenters. The van der Waals surface area contributed by atoms with E-state index in [1.807, 2.05) is 12.1 Å². The molecule has 3 aromatic rings. The van der Waals surface area contributed by atoms with Gasteiger partial charge in [0.05, 0.1) is 11.0 Å². The SMILES string of the molecule is CC(C)N(C)c1ccc(CNC(=O)c2ccc3c(c2)[nH]c(=O)n3C)cc1. The van der Waals surface area contributed by atoms with E-state index in [4.69, 9.17) is 0 Å². The number of carbonyl (C=O) groups excluding carboxylic acids is 1. The van der Waals surface area contributed by atoms with Crippen LogP contribution in [0, 0.1) is 0 Å². The number of benzene rings is 2. The Morgan fingerprint density at radius 3 is 2.54 bits per heavy atom. The molecule has 0 fully saturated rings. The fourth-order valence-corrected chi connectivity index (χ4v) is 2.81. The van der Waals surface area contributed by atoms with Crippen LogP contribution in [0.3, 0.4) is 0 Å². The van der Waals surface area contributed by atoms with E-state index in [1.165, 1.54) is 4.57 Å². The van der Waals surface area contributed by atoms with Crippen molar-refractivity contribution in [2.45, 2.75) is 26.4 Å². The Kier molecular flexibility index (Phi) is 4.84. The fraction of sp³-hybridized carbons (Fsp3) is 0.300. The molecule has 26 heavy (non-hydrogen) atoms. The van der Waals surface area contributed by atoms with Gasteiger partial charge in [-0.2, -0.15) is 0 Å². The smallest absolute Gasteiger partial charge is 0.326 e. The summed E-state index contributed by atoms with van der Waals surface area (Å²) < 4.78 is 1.52. The van der Waals surface area contributed by atoms with Crippen LogP contribution >= 0.6 is 0 Å². The first-order valence-electron chi connectivity index (χ1n) is 8.65. The number of amides is 1. The normalized spacial score (nSPS) is 11.1. The molecule has 6 heteroatoms. The van der Waals surface area contributed by atoms with Crippen LogP contribution in [-0.2, 0) is 13.6 Å². The maximum absolute atomic E-state index is 12.4. The van der Waals surface area contributed by atoms with Gasteiger partial charge in [0.25, 0.3) is 5.91 Å². The second-order valence-electron chi connectivity index (χ2n) is 6.77. The first-order valence-corrected chi connectivity index (χ1v) is 8.65. The lowest BCUT2D eigenvalue weighted by molar-refractivity contribution is 0.0951. The van der Waals surface area contributed by atoms with Gasteiger partial charge in [-0.1, -0.05) is 12.1 Å². The van der Waals surface area contributed by atoms with E-state index in [1.54, 1.807) is 25.2 Å². The van der Waals surface area contributed by atoms with Gasteiger partial charge in [0.15, 0.2) is 0 Å². The Hall–Kier alpha value is -3.02. The number of nitrogens with zero attached hydrogens (tertiary/aromatic N) is 2. The average molecular weight is 352 g/mol.